The number of nitrogens with one attached hydrogen (secondary N) is 1. The van der Waals surface area contributed by atoms with E-state index >= 15 is 0 Å². The number of carbonyl (C=O) groups is 1. The van der Waals surface area contributed by atoms with Crippen LogP contribution in [0, 0.1) is 6.92 Å². The molecule has 0 fully saturated rings. The lowest BCUT2D eigenvalue weighted by Crippen LogP contribution is -2.41. The molecule has 2 heterocycles. The van der Waals surface area contributed by atoms with Crippen LogP contribution in [0.2, 0.25) is 0 Å². The lowest BCUT2D eigenvalue weighted by Gasteiger charge is -2.26. The molecular formula is C16H18N2O4. The van der Waals surface area contributed by atoms with Gasteiger partial charge in [0.25, 0.3) is 5.91 Å². The van der Waals surface area contributed by atoms with E-state index in [0.717, 1.165) is 5.75 Å². The first-order valence-corrected chi connectivity index (χ1v) is 7.31. The second kappa shape index (κ2) is 6.09. The van der Waals surface area contributed by atoms with Crippen molar-refractivity contribution in [3.8, 4) is 11.5 Å². The third-order valence-electron chi connectivity index (χ3n) is 3.54. The number of amides is 1. The lowest BCUT2D eigenvalue weighted by atomic mass is 10.1. The van der Waals surface area contributed by atoms with Crippen LogP contribution in [0.1, 0.15) is 28.7 Å². The van der Waals surface area contributed by atoms with Crippen molar-refractivity contribution in [2.75, 3.05) is 13.2 Å². The van der Waals surface area contributed by atoms with Gasteiger partial charge in [0.05, 0.1) is 12.2 Å². The highest BCUT2D eigenvalue weighted by atomic mass is 16.6. The summed E-state index contributed by atoms with van der Waals surface area (Å²) in [6, 6.07) is 7.49. The van der Waals surface area contributed by atoms with Crippen LogP contribution in [-0.4, -0.2) is 30.3 Å². The molecule has 1 unspecified atom stereocenters. The molecule has 1 aromatic heterocycles. The average Bonchev–Trinajstić information content (AvgIpc) is 2.93. The van der Waals surface area contributed by atoms with E-state index in [1.807, 2.05) is 31.2 Å². The highest BCUT2D eigenvalue weighted by Crippen LogP contribution is 2.30. The van der Waals surface area contributed by atoms with Gasteiger partial charge in [-0.2, -0.15) is 0 Å². The molecule has 0 saturated carbocycles. The number of aromatic nitrogens is 1. The summed E-state index contributed by atoms with van der Waals surface area (Å²) in [5.74, 6) is 1.83. The van der Waals surface area contributed by atoms with Crippen molar-refractivity contribution in [1.82, 2.24) is 10.5 Å². The number of nitrogens with zero attached hydrogens (tertiary/aromatic N) is 1. The Bertz CT molecular complexity index is 681. The zero-order chi connectivity index (χ0) is 15.5. The van der Waals surface area contributed by atoms with Crippen LogP contribution in [0.4, 0.5) is 0 Å². The Morgan fingerprint density at radius 3 is 2.91 bits per heavy atom. The van der Waals surface area contributed by atoms with Crippen molar-refractivity contribution >= 4 is 5.91 Å². The smallest absolute Gasteiger partial charge is 0.256 e. The summed E-state index contributed by atoms with van der Waals surface area (Å²) >= 11 is 0. The molecule has 116 valence electrons. The molecule has 0 radical (unpaired) electrons. The molecule has 6 heteroatoms. The van der Waals surface area contributed by atoms with E-state index in [-0.39, 0.29) is 12.0 Å². The minimum absolute atomic E-state index is 0.196. The van der Waals surface area contributed by atoms with Crippen LogP contribution in [0.3, 0.4) is 0 Å². The Morgan fingerprint density at radius 1 is 1.36 bits per heavy atom. The van der Waals surface area contributed by atoms with Crippen molar-refractivity contribution < 1.29 is 18.8 Å². The summed E-state index contributed by atoms with van der Waals surface area (Å²) in [6.45, 7) is 4.45. The number of rotatable bonds is 4. The molecule has 3 rings (SSSR count). The fourth-order valence-corrected chi connectivity index (χ4v) is 2.41. The summed E-state index contributed by atoms with van der Waals surface area (Å²) in [7, 11) is 0. The highest BCUT2D eigenvalue weighted by molar-refractivity contribution is 5.96. The third kappa shape index (κ3) is 2.77. The van der Waals surface area contributed by atoms with Gasteiger partial charge in [0.2, 0.25) is 0 Å². The summed E-state index contributed by atoms with van der Waals surface area (Å²) in [5.41, 5.74) is 1.11. The zero-order valence-electron chi connectivity index (χ0n) is 12.6. The van der Waals surface area contributed by atoms with Crippen molar-refractivity contribution in [2.24, 2.45) is 0 Å². The molecule has 1 aliphatic rings. The van der Waals surface area contributed by atoms with E-state index in [2.05, 4.69) is 10.5 Å². The summed E-state index contributed by atoms with van der Waals surface area (Å²) < 4.78 is 16.6. The molecule has 1 N–H and O–H groups in total. The van der Waals surface area contributed by atoms with Gasteiger partial charge >= 0.3 is 0 Å². The van der Waals surface area contributed by atoms with Gasteiger partial charge in [0, 0.05) is 6.42 Å². The van der Waals surface area contributed by atoms with Crippen LogP contribution in [-0.2, 0) is 6.42 Å². The molecule has 0 spiro atoms. The number of ether oxygens (including phenoxy) is 2. The molecule has 0 aliphatic carbocycles. The predicted molar refractivity (Wildman–Crippen MR) is 79.3 cm³/mol. The average molecular weight is 302 g/mol. The second-order valence-corrected chi connectivity index (χ2v) is 5.13. The number of aryl methyl sites for hydroxylation is 2. The minimum Gasteiger partial charge on any atom is -0.486 e. The molecule has 2 aromatic rings. The van der Waals surface area contributed by atoms with Crippen molar-refractivity contribution in [3.63, 3.8) is 0 Å². The normalized spacial score (nSPS) is 16.4. The predicted octanol–water partition coefficient (Wildman–Crippen LogP) is 2.12. The van der Waals surface area contributed by atoms with Crippen molar-refractivity contribution in [1.29, 1.82) is 0 Å². The van der Waals surface area contributed by atoms with Gasteiger partial charge in [-0.3, -0.25) is 4.79 Å². The summed E-state index contributed by atoms with van der Waals surface area (Å²) in [4.78, 5) is 12.3. The first-order valence-electron chi connectivity index (χ1n) is 7.31. The molecule has 1 aliphatic heterocycles. The molecule has 1 amide bonds. The molecule has 6 nitrogen and oxygen atoms in total. The molecular weight excluding hydrogens is 284 g/mol. The van der Waals surface area contributed by atoms with E-state index < -0.39 is 0 Å². The topological polar surface area (TPSA) is 73.6 Å². The molecule has 1 aromatic carbocycles. The number of para-hydroxylation sites is 2. The van der Waals surface area contributed by atoms with Crippen LogP contribution in [0.15, 0.2) is 28.8 Å². The molecule has 22 heavy (non-hydrogen) atoms. The van der Waals surface area contributed by atoms with Gasteiger partial charge in [-0.15, -0.1) is 0 Å². The largest absolute Gasteiger partial charge is 0.486 e. The number of fused-ring (bicyclic) bond motifs is 1. The van der Waals surface area contributed by atoms with Crippen molar-refractivity contribution in [3.05, 3.63) is 41.3 Å². The standard InChI is InChI=1S/C16H18N2O4/c1-3-12-15(10(2)18-22-12)16(19)17-8-11-9-20-13-6-4-5-7-14(13)21-11/h4-7,11H,3,8-9H2,1-2H3,(H,17,19). The van der Waals surface area contributed by atoms with E-state index in [0.29, 0.717) is 42.3 Å². The SMILES string of the molecule is CCc1onc(C)c1C(=O)NCC1COc2ccccc2O1. The van der Waals surface area contributed by atoms with Crippen LogP contribution in [0.25, 0.3) is 0 Å². The highest BCUT2D eigenvalue weighted by Gasteiger charge is 2.23. The van der Waals surface area contributed by atoms with Crippen LogP contribution < -0.4 is 14.8 Å². The van der Waals surface area contributed by atoms with Gasteiger partial charge in [0.1, 0.15) is 24.0 Å². The van der Waals surface area contributed by atoms with Gasteiger partial charge < -0.3 is 19.3 Å². The van der Waals surface area contributed by atoms with E-state index in [1.54, 1.807) is 6.92 Å². The molecule has 0 bridgehead atoms. The van der Waals surface area contributed by atoms with Crippen molar-refractivity contribution in [2.45, 2.75) is 26.4 Å². The first-order chi connectivity index (χ1) is 10.7. The Hall–Kier alpha value is -2.50. The van der Waals surface area contributed by atoms with Crippen LogP contribution in [0.5, 0.6) is 11.5 Å². The summed E-state index contributed by atoms with van der Waals surface area (Å²) in [5, 5.41) is 6.70. The van der Waals surface area contributed by atoms with E-state index in [9.17, 15) is 4.79 Å². The lowest BCUT2D eigenvalue weighted by molar-refractivity contribution is 0.0788. The number of hydrogen-bond donors (Lipinski definition) is 1. The van der Waals surface area contributed by atoms with E-state index in [4.69, 9.17) is 14.0 Å². The Kier molecular flexibility index (Phi) is 4.00. The maximum absolute atomic E-state index is 12.3. The third-order valence-corrected chi connectivity index (χ3v) is 3.54. The second-order valence-electron chi connectivity index (χ2n) is 5.13. The fraction of sp³-hybridized carbons (Fsp3) is 0.375. The maximum atomic E-state index is 12.3. The zero-order valence-corrected chi connectivity index (χ0v) is 12.6. The maximum Gasteiger partial charge on any atom is 0.256 e. The van der Waals surface area contributed by atoms with Crippen LogP contribution >= 0.6 is 0 Å². The number of benzene rings is 1. The molecule has 1 atom stereocenters. The Labute approximate surface area is 128 Å². The fourth-order valence-electron chi connectivity index (χ4n) is 2.41. The first kappa shape index (κ1) is 14.4. The van der Waals surface area contributed by atoms with E-state index in [1.165, 1.54) is 0 Å². The van der Waals surface area contributed by atoms with Gasteiger partial charge in [-0.1, -0.05) is 24.2 Å². The minimum atomic E-state index is -0.218. The number of carbonyl (C=O) groups excluding carboxylic acids is 1. The van der Waals surface area contributed by atoms with Gasteiger partial charge in [-0.25, -0.2) is 0 Å². The molecule has 0 saturated heterocycles. The van der Waals surface area contributed by atoms with Gasteiger partial charge in [-0.05, 0) is 19.1 Å². The monoisotopic (exact) mass is 302 g/mol. The summed E-state index contributed by atoms with van der Waals surface area (Å²) in [6.07, 6.45) is 0.407. The number of hydrogen-bond acceptors (Lipinski definition) is 5. The quantitative estimate of drug-likeness (QED) is 0.936. The van der Waals surface area contributed by atoms with Gasteiger partial charge in [0.15, 0.2) is 11.5 Å². The Balaban J connectivity index is 1.62. The Morgan fingerprint density at radius 2 is 2.14 bits per heavy atom.